The lowest BCUT2D eigenvalue weighted by Gasteiger charge is -2.08. The SMILES string of the molecule is Nc1ccc2nc(-c3cccc(OCCCCCCCOc4cccc(-c5nc6ccccc6[nH]5)c4)c3)[nH]c2c1. The summed E-state index contributed by atoms with van der Waals surface area (Å²) in [5, 5.41) is 0. The maximum atomic E-state index is 6.02. The van der Waals surface area contributed by atoms with E-state index in [2.05, 4.69) is 26.0 Å². The highest BCUT2D eigenvalue weighted by molar-refractivity contribution is 5.82. The summed E-state index contributed by atoms with van der Waals surface area (Å²) in [4.78, 5) is 16.1. The zero-order valence-electron chi connectivity index (χ0n) is 22.4. The van der Waals surface area contributed by atoms with Crippen LogP contribution < -0.4 is 15.2 Å². The molecule has 0 saturated carbocycles. The summed E-state index contributed by atoms with van der Waals surface area (Å²) in [6, 6.07) is 29.9. The van der Waals surface area contributed by atoms with Gasteiger partial charge in [-0.15, -0.1) is 0 Å². The van der Waals surface area contributed by atoms with Gasteiger partial charge in [-0.25, -0.2) is 9.97 Å². The molecule has 0 saturated heterocycles. The number of imidazole rings is 2. The predicted octanol–water partition coefficient (Wildman–Crippen LogP) is 7.76. The van der Waals surface area contributed by atoms with Crippen molar-refractivity contribution in [2.45, 2.75) is 32.1 Å². The van der Waals surface area contributed by atoms with Crippen molar-refractivity contribution < 1.29 is 9.47 Å². The summed E-state index contributed by atoms with van der Waals surface area (Å²) < 4.78 is 12.0. The Morgan fingerprint density at radius 3 is 1.77 bits per heavy atom. The van der Waals surface area contributed by atoms with E-state index in [1.165, 1.54) is 0 Å². The minimum atomic E-state index is 0.700. The lowest BCUT2D eigenvalue weighted by Crippen LogP contribution is -1.99. The third-order valence-electron chi connectivity index (χ3n) is 6.94. The number of anilines is 1. The average Bonchev–Trinajstić information content (AvgIpc) is 3.61. The highest BCUT2D eigenvalue weighted by Crippen LogP contribution is 2.26. The fourth-order valence-electron chi connectivity index (χ4n) is 4.83. The lowest BCUT2D eigenvalue weighted by atomic mass is 10.1. The van der Waals surface area contributed by atoms with Gasteiger partial charge < -0.3 is 25.2 Å². The second kappa shape index (κ2) is 11.9. The molecule has 2 aromatic heterocycles. The van der Waals surface area contributed by atoms with Crippen molar-refractivity contribution in [1.82, 2.24) is 19.9 Å². The fraction of sp³-hybridized carbons (Fsp3) is 0.212. The first-order chi connectivity index (χ1) is 19.7. The topological polar surface area (TPSA) is 102 Å². The van der Waals surface area contributed by atoms with E-state index in [4.69, 9.17) is 15.2 Å². The van der Waals surface area contributed by atoms with Crippen LogP contribution in [-0.2, 0) is 0 Å². The number of unbranched alkanes of at least 4 members (excludes halogenated alkanes) is 4. The quantitative estimate of drug-likeness (QED) is 0.111. The third-order valence-corrected chi connectivity index (χ3v) is 6.94. The lowest BCUT2D eigenvalue weighted by molar-refractivity contribution is 0.293. The van der Waals surface area contributed by atoms with Gasteiger partial charge in [-0.05, 0) is 67.4 Å². The normalized spacial score (nSPS) is 11.3. The number of nitrogens with two attached hydrogens (primary N) is 1. The zero-order valence-corrected chi connectivity index (χ0v) is 22.4. The van der Waals surface area contributed by atoms with Crippen LogP contribution in [0.4, 0.5) is 5.69 Å². The molecular weight excluding hydrogens is 498 g/mol. The average molecular weight is 532 g/mol. The Morgan fingerprint density at radius 1 is 0.550 bits per heavy atom. The molecule has 6 aromatic rings. The summed E-state index contributed by atoms with van der Waals surface area (Å²) in [5.74, 6) is 3.41. The van der Waals surface area contributed by atoms with Gasteiger partial charge in [0.15, 0.2) is 0 Å². The Morgan fingerprint density at radius 2 is 1.12 bits per heavy atom. The smallest absolute Gasteiger partial charge is 0.138 e. The predicted molar refractivity (Wildman–Crippen MR) is 162 cm³/mol. The van der Waals surface area contributed by atoms with Crippen LogP contribution in [0.5, 0.6) is 11.5 Å². The van der Waals surface area contributed by atoms with Crippen molar-refractivity contribution in [3.63, 3.8) is 0 Å². The molecule has 0 amide bonds. The molecule has 0 aliphatic carbocycles. The van der Waals surface area contributed by atoms with Crippen molar-refractivity contribution in [3.8, 4) is 34.3 Å². The number of fused-ring (bicyclic) bond motifs is 2. The van der Waals surface area contributed by atoms with Gasteiger partial charge in [0, 0.05) is 16.8 Å². The number of hydrogen-bond donors (Lipinski definition) is 3. The van der Waals surface area contributed by atoms with Gasteiger partial charge in [0.25, 0.3) is 0 Å². The molecule has 0 radical (unpaired) electrons. The molecular formula is C33H33N5O2. The van der Waals surface area contributed by atoms with Gasteiger partial charge in [0.05, 0.1) is 35.3 Å². The van der Waals surface area contributed by atoms with Crippen molar-refractivity contribution in [1.29, 1.82) is 0 Å². The van der Waals surface area contributed by atoms with E-state index < -0.39 is 0 Å². The van der Waals surface area contributed by atoms with Crippen LogP contribution in [0.15, 0.2) is 91.0 Å². The van der Waals surface area contributed by atoms with Gasteiger partial charge in [0.2, 0.25) is 0 Å². The molecule has 7 heteroatoms. The molecule has 4 aromatic carbocycles. The Hall–Kier alpha value is -4.78. The number of nitrogens with zero attached hydrogens (tertiary/aromatic N) is 2. The molecule has 6 rings (SSSR count). The number of rotatable bonds is 12. The van der Waals surface area contributed by atoms with Gasteiger partial charge in [-0.1, -0.05) is 55.7 Å². The van der Waals surface area contributed by atoms with Crippen molar-refractivity contribution in [2.24, 2.45) is 0 Å². The first-order valence-corrected chi connectivity index (χ1v) is 13.9. The van der Waals surface area contributed by atoms with Crippen molar-refractivity contribution >= 4 is 27.8 Å². The van der Waals surface area contributed by atoms with Gasteiger partial charge >= 0.3 is 0 Å². The molecule has 0 atom stereocenters. The standard InChI is InChI=1S/C33H33N5O2/c34-25-16-17-30-31(22-25)38-33(37-30)24-11-9-13-27(21-24)40-19-7-3-1-2-6-18-39-26-12-8-10-23(20-26)32-35-28-14-4-5-15-29(28)36-32/h4-5,8-17,20-22H,1-3,6-7,18-19,34H2,(H,35,36)(H,37,38). The zero-order chi connectivity index (χ0) is 27.1. The summed E-state index contributed by atoms with van der Waals surface area (Å²) in [6.45, 7) is 1.41. The Labute approximate surface area is 233 Å². The number of aromatic amines is 2. The summed E-state index contributed by atoms with van der Waals surface area (Å²) in [5.41, 5.74) is 12.5. The Kier molecular flexibility index (Phi) is 7.62. The third kappa shape index (κ3) is 6.10. The van der Waals surface area contributed by atoms with Gasteiger partial charge in [-0.2, -0.15) is 0 Å². The second-order valence-corrected chi connectivity index (χ2v) is 9.98. The number of nitrogen functional groups attached to an aromatic ring is 1. The van der Waals surface area contributed by atoms with Gasteiger partial charge in [-0.3, -0.25) is 0 Å². The second-order valence-electron chi connectivity index (χ2n) is 9.98. The van der Waals surface area contributed by atoms with E-state index >= 15 is 0 Å². The fourth-order valence-corrected chi connectivity index (χ4v) is 4.83. The van der Waals surface area contributed by atoms with E-state index in [-0.39, 0.29) is 0 Å². The minimum Gasteiger partial charge on any atom is -0.494 e. The number of aromatic nitrogens is 4. The van der Waals surface area contributed by atoms with Crippen LogP contribution in [-0.4, -0.2) is 33.1 Å². The molecule has 7 nitrogen and oxygen atoms in total. The first kappa shape index (κ1) is 25.5. The molecule has 0 aliphatic heterocycles. The number of H-pyrrole nitrogens is 2. The molecule has 0 aliphatic rings. The minimum absolute atomic E-state index is 0.700. The summed E-state index contributed by atoms with van der Waals surface area (Å²) >= 11 is 0. The van der Waals surface area contributed by atoms with Crippen LogP contribution in [0.1, 0.15) is 32.1 Å². The van der Waals surface area contributed by atoms with Crippen molar-refractivity contribution in [2.75, 3.05) is 18.9 Å². The van der Waals surface area contributed by atoms with Crippen LogP contribution in [0.25, 0.3) is 44.8 Å². The van der Waals surface area contributed by atoms with E-state index in [1.807, 2.05) is 84.9 Å². The summed E-state index contributed by atoms with van der Waals surface area (Å²) in [6.07, 6.45) is 5.48. The molecule has 40 heavy (non-hydrogen) atoms. The van der Waals surface area contributed by atoms with Crippen LogP contribution in [0.2, 0.25) is 0 Å². The number of hydrogen-bond acceptors (Lipinski definition) is 5. The number of nitrogens with one attached hydrogen (secondary N) is 2. The number of benzene rings is 4. The van der Waals surface area contributed by atoms with Crippen LogP contribution in [0.3, 0.4) is 0 Å². The number of para-hydroxylation sites is 2. The van der Waals surface area contributed by atoms with E-state index in [9.17, 15) is 0 Å². The molecule has 0 unspecified atom stereocenters. The Bertz CT molecular complexity index is 1690. The molecule has 0 spiro atoms. The van der Waals surface area contributed by atoms with E-state index in [0.717, 1.165) is 94.1 Å². The first-order valence-electron chi connectivity index (χ1n) is 13.9. The monoisotopic (exact) mass is 531 g/mol. The maximum absolute atomic E-state index is 6.02. The summed E-state index contributed by atoms with van der Waals surface area (Å²) in [7, 11) is 0. The molecule has 0 fully saturated rings. The maximum Gasteiger partial charge on any atom is 0.138 e. The van der Waals surface area contributed by atoms with Crippen LogP contribution in [0, 0.1) is 0 Å². The molecule has 202 valence electrons. The Balaban J connectivity index is 0.894. The van der Waals surface area contributed by atoms with Crippen LogP contribution >= 0.6 is 0 Å². The molecule has 4 N–H and O–H groups in total. The highest BCUT2D eigenvalue weighted by atomic mass is 16.5. The number of ether oxygens (including phenoxy) is 2. The molecule has 0 bridgehead atoms. The largest absolute Gasteiger partial charge is 0.494 e. The van der Waals surface area contributed by atoms with Gasteiger partial charge in [0.1, 0.15) is 23.1 Å². The highest BCUT2D eigenvalue weighted by Gasteiger charge is 2.08. The van der Waals surface area contributed by atoms with Crippen molar-refractivity contribution in [3.05, 3.63) is 91.0 Å². The van der Waals surface area contributed by atoms with E-state index in [1.54, 1.807) is 0 Å². The van der Waals surface area contributed by atoms with E-state index in [0.29, 0.717) is 13.2 Å². The molecule has 2 heterocycles.